The molecule has 8 nitrogen and oxygen atoms in total. The lowest BCUT2D eigenvalue weighted by Gasteiger charge is -2.42. The van der Waals surface area contributed by atoms with Gasteiger partial charge in [0.1, 0.15) is 0 Å². The van der Waals surface area contributed by atoms with Crippen molar-refractivity contribution in [3.05, 3.63) is 108 Å². The molecule has 44 heavy (non-hydrogen) atoms. The van der Waals surface area contributed by atoms with Gasteiger partial charge in [0.15, 0.2) is 9.84 Å². The smallest absolute Gasteiger partial charge is 0.254 e. The molecular formula is C35H36N4O4S. The van der Waals surface area contributed by atoms with E-state index in [1.165, 1.54) is 12.1 Å². The number of aromatic nitrogens is 1. The Morgan fingerprint density at radius 2 is 1.16 bits per heavy atom. The third-order valence-electron chi connectivity index (χ3n) is 8.59. The van der Waals surface area contributed by atoms with Gasteiger partial charge in [0.25, 0.3) is 11.8 Å². The van der Waals surface area contributed by atoms with E-state index >= 15 is 0 Å². The average molecular weight is 609 g/mol. The predicted molar refractivity (Wildman–Crippen MR) is 171 cm³/mol. The molecule has 4 aromatic rings. The topological polar surface area (TPSA) is 90.9 Å². The molecular weight excluding hydrogens is 572 g/mol. The van der Waals surface area contributed by atoms with Crippen LogP contribution in [-0.4, -0.2) is 91.5 Å². The minimum absolute atomic E-state index is 0.0122. The van der Waals surface area contributed by atoms with Crippen LogP contribution in [0.25, 0.3) is 22.5 Å². The summed E-state index contributed by atoms with van der Waals surface area (Å²) in [5.74, 6) is -0.121. The Hall–Kier alpha value is -4.34. The lowest BCUT2D eigenvalue weighted by molar-refractivity contribution is 0.0412. The van der Waals surface area contributed by atoms with E-state index in [2.05, 4.69) is 4.90 Å². The highest BCUT2D eigenvalue weighted by atomic mass is 32.2. The Morgan fingerprint density at radius 1 is 0.636 bits per heavy atom. The molecule has 1 aromatic heterocycles. The SMILES string of the molecule is CS(=O)(=O)c1cccc(C(=O)N2CCC(N3CCN(C(=O)c4cc(-c5ccccc5)nc(-c5ccccc5)c4)CC3)CC2)c1. The molecule has 2 aliphatic heterocycles. The number of piperidine rings is 1. The third kappa shape index (κ3) is 6.59. The Balaban J connectivity index is 1.09. The number of carbonyl (C=O) groups excluding carboxylic acids is 2. The molecule has 0 bridgehead atoms. The maximum atomic E-state index is 13.8. The van der Waals surface area contributed by atoms with Gasteiger partial charge in [-0.25, -0.2) is 13.4 Å². The summed E-state index contributed by atoms with van der Waals surface area (Å²) in [6, 6.07) is 30.3. The highest BCUT2D eigenvalue weighted by molar-refractivity contribution is 7.90. The largest absolute Gasteiger partial charge is 0.339 e. The van der Waals surface area contributed by atoms with Crippen LogP contribution in [0.5, 0.6) is 0 Å². The minimum atomic E-state index is -3.38. The summed E-state index contributed by atoms with van der Waals surface area (Å²) in [4.78, 5) is 38.1. The second-order valence-corrected chi connectivity index (χ2v) is 13.5. The molecule has 0 saturated carbocycles. The van der Waals surface area contributed by atoms with E-state index in [-0.39, 0.29) is 16.7 Å². The molecule has 2 saturated heterocycles. The number of piperazine rings is 1. The van der Waals surface area contributed by atoms with E-state index in [9.17, 15) is 18.0 Å². The van der Waals surface area contributed by atoms with Gasteiger partial charge in [-0.15, -0.1) is 0 Å². The molecule has 9 heteroatoms. The number of hydrogen-bond donors (Lipinski definition) is 0. The summed E-state index contributed by atoms with van der Waals surface area (Å²) >= 11 is 0. The van der Waals surface area contributed by atoms with Crippen molar-refractivity contribution in [2.75, 3.05) is 45.5 Å². The fourth-order valence-corrected chi connectivity index (χ4v) is 6.78. The lowest BCUT2D eigenvalue weighted by Crippen LogP contribution is -2.54. The van der Waals surface area contributed by atoms with Crippen molar-refractivity contribution in [2.45, 2.75) is 23.8 Å². The Labute approximate surface area is 258 Å². The van der Waals surface area contributed by atoms with Crippen molar-refractivity contribution >= 4 is 21.7 Å². The van der Waals surface area contributed by atoms with Crippen LogP contribution < -0.4 is 0 Å². The fraction of sp³-hybridized carbons (Fsp3) is 0.286. The average Bonchev–Trinajstić information content (AvgIpc) is 3.08. The zero-order chi connectivity index (χ0) is 30.7. The summed E-state index contributed by atoms with van der Waals surface area (Å²) < 4.78 is 23.9. The van der Waals surface area contributed by atoms with Gasteiger partial charge in [0.2, 0.25) is 0 Å². The number of amides is 2. The standard InChI is InChI=1S/C35H36N4O4S/c1-44(42,43)31-14-8-13-28(23-31)34(40)38-17-15-30(16-18-38)37-19-21-39(22-20-37)35(41)29-24-32(26-9-4-2-5-10-26)36-33(25-29)27-11-6-3-7-12-27/h2-14,23-25,30H,15-22H2,1H3. The van der Waals surface area contributed by atoms with Gasteiger partial charge < -0.3 is 9.80 Å². The highest BCUT2D eigenvalue weighted by Gasteiger charge is 2.31. The van der Waals surface area contributed by atoms with E-state index in [1.54, 1.807) is 12.1 Å². The van der Waals surface area contributed by atoms with E-state index in [0.29, 0.717) is 43.3 Å². The molecule has 2 aliphatic rings. The van der Waals surface area contributed by atoms with E-state index < -0.39 is 9.84 Å². The van der Waals surface area contributed by atoms with Gasteiger partial charge in [0, 0.05) is 73.8 Å². The second kappa shape index (κ2) is 12.7. The second-order valence-electron chi connectivity index (χ2n) is 11.5. The van der Waals surface area contributed by atoms with Gasteiger partial charge in [-0.05, 0) is 43.2 Å². The molecule has 0 atom stereocenters. The van der Waals surface area contributed by atoms with Crippen molar-refractivity contribution in [1.82, 2.24) is 19.7 Å². The number of hydrogen-bond acceptors (Lipinski definition) is 6. The number of benzene rings is 3. The molecule has 0 unspecified atom stereocenters. The molecule has 226 valence electrons. The van der Waals surface area contributed by atoms with Crippen molar-refractivity contribution < 1.29 is 18.0 Å². The van der Waals surface area contributed by atoms with E-state index in [0.717, 1.165) is 54.7 Å². The number of rotatable bonds is 6. The van der Waals surface area contributed by atoms with Crippen LogP contribution in [-0.2, 0) is 9.84 Å². The maximum Gasteiger partial charge on any atom is 0.254 e. The van der Waals surface area contributed by atoms with Crippen LogP contribution in [0.15, 0.2) is 102 Å². The van der Waals surface area contributed by atoms with Crippen molar-refractivity contribution in [2.24, 2.45) is 0 Å². The van der Waals surface area contributed by atoms with Crippen molar-refractivity contribution in [1.29, 1.82) is 0 Å². The Kier molecular flexibility index (Phi) is 8.59. The predicted octanol–water partition coefficient (Wildman–Crippen LogP) is 4.88. The normalized spacial score (nSPS) is 16.6. The van der Waals surface area contributed by atoms with Crippen molar-refractivity contribution in [3.8, 4) is 22.5 Å². The van der Waals surface area contributed by atoms with Crippen LogP contribution in [0.4, 0.5) is 0 Å². The first-order chi connectivity index (χ1) is 21.3. The van der Waals surface area contributed by atoms with Gasteiger partial charge in [-0.1, -0.05) is 66.7 Å². The van der Waals surface area contributed by atoms with E-state index in [1.807, 2.05) is 82.6 Å². The first-order valence-electron chi connectivity index (χ1n) is 15.0. The minimum Gasteiger partial charge on any atom is -0.339 e. The molecule has 3 heterocycles. The zero-order valence-corrected chi connectivity index (χ0v) is 25.6. The lowest BCUT2D eigenvalue weighted by atomic mass is 10.0. The number of nitrogens with zero attached hydrogens (tertiary/aromatic N) is 4. The summed E-state index contributed by atoms with van der Waals surface area (Å²) in [5, 5.41) is 0. The van der Waals surface area contributed by atoms with E-state index in [4.69, 9.17) is 4.98 Å². The van der Waals surface area contributed by atoms with Gasteiger partial charge in [-0.3, -0.25) is 14.5 Å². The van der Waals surface area contributed by atoms with Gasteiger partial charge in [0.05, 0.1) is 16.3 Å². The molecule has 0 spiro atoms. The molecule has 2 fully saturated rings. The Morgan fingerprint density at radius 3 is 1.70 bits per heavy atom. The van der Waals surface area contributed by atoms with Crippen LogP contribution in [0.2, 0.25) is 0 Å². The number of pyridine rings is 1. The molecule has 0 aliphatic carbocycles. The zero-order valence-electron chi connectivity index (χ0n) is 24.8. The van der Waals surface area contributed by atoms with Crippen LogP contribution in [0, 0.1) is 0 Å². The Bertz CT molecular complexity index is 1690. The van der Waals surface area contributed by atoms with Crippen molar-refractivity contribution in [3.63, 3.8) is 0 Å². The molecule has 0 N–H and O–H groups in total. The monoisotopic (exact) mass is 608 g/mol. The molecule has 2 amide bonds. The number of carbonyl (C=O) groups is 2. The summed E-state index contributed by atoms with van der Waals surface area (Å²) in [5.41, 5.74) is 4.53. The molecule has 6 rings (SSSR count). The molecule has 3 aromatic carbocycles. The summed E-state index contributed by atoms with van der Waals surface area (Å²) in [6.45, 7) is 4.08. The summed E-state index contributed by atoms with van der Waals surface area (Å²) in [7, 11) is -3.38. The third-order valence-corrected chi connectivity index (χ3v) is 9.70. The first kappa shape index (κ1) is 29.7. The molecule has 0 radical (unpaired) electrons. The van der Waals surface area contributed by atoms with Crippen LogP contribution >= 0.6 is 0 Å². The van der Waals surface area contributed by atoms with Gasteiger partial charge >= 0.3 is 0 Å². The maximum absolute atomic E-state index is 13.8. The first-order valence-corrected chi connectivity index (χ1v) is 16.9. The number of likely N-dealkylation sites (tertiary alicyclic amines) is 1. The summed E-state index contributed by atoms with van der Waals surface area (Å²) in [6.07, 6.45) is 2.84. The highest BCUT2D eigenvalue weighted by Crippen LogP contribution is 2.27. The number of sulfone groups is 1. The van der Waals surface area contributed by atoms with Crippen LogP contribution in [0.1, 0.15) is 33.6 Å². The fourth-order valence-electron chi connectivity index (χ4n) is 6.12. The van der Waals surface area contributed by atoms with Gasteiger partial charge in [-0.2, -0.15) is 0 Å². The quantitative estimate of drug-likeness (QED) is 0.310. The van der Waals surface area contributed by atoms with Crippen LogP contribution in [0.3, 0.4) is 0 Å².